The highest BCUT2D eigenvalue weighted by Gasteiger charge is 2.26. The lowest BCUT2D eigenvalue weighted by molar-refractivity contribution is -0.142. The van der Waals surface area contributed by atoms with Crippen LogP contribution in [-0.2, 0) is 14.3 Å². The third kappa shape index (κ3) is 3.33. The van der Waals surface area contributed by atoms with Gasteiger partial charge in [-0.1, -0.05) is 0 Å². The van der Waals surface area contributed by atoms with Crippen LogP contribution < -0.4 is 0 Å². The maximum absolute atomic E-state index is 11.3. The predicted molar refractivity (Wildman–Crippen MR) is 63.0 cm³/mol. The van der Waals surface area contributed by atoms with Gasteiger partial charge in [0.05, 0.1) is 26.9 Å². The van der Waals surface area contributed by atoms with E-state index < -0.39 is 0 Å². The van der Waals surface area contributed by atoms with E-state index in [9.17, 15) is 9.59 Å². The number of esters is 1. The first-order valence-electron chi connectivity index (χ1n) is 6.12. The Morgan fingerprint density at radius 2 is 1.89 bits per heavy atom. The summed E-state index contributed by atoms with van der Waals surface area (Å²) in [5.41, 5.74) is 0. The van der Waals surface area contributed by atoms with Crippen molar-refractivity contribution >= 4 is 12.1 Å². The highest BCUT2D eigenvalue weighted by Crippen LogP contribution is 2.07. The van der Waals surface area contributed by atoms with Gasteiger partial charge in [-0.3, -0.25) is 19.5 Å². The summed E-state index contributed by atoms with van der Waals surface area (Å²) in [6, 6.07) is 0. The molecule has 102 valence electrons. The van der Waals surface area contributed by atoms with Crippen LogP contribution in [0.25, 0.3) is 0 Å². The van der Waals surface area contributed by atoms with Crippen LogP contribution in [-0.4, -0.2) is 86.4 Å². The van der Waals surface area contributed by atoms with Crippen LogP contribution in [0.4, 0.5) is 4.79 Å². The summed E-state index contributed by atoms with van der Waals surface area (Å²) in [5.74, 6) is -0.202. The van der Waals surface area contributed by atoms with Crippen molar-refractivity contribution in [3.8, 4) is 0 Å². The van der Waals surface area contributed by atoms with Gasteiger partial charge in [0.2, 0.25) is 0 Å². The van der Waals surface area contributed by atoms with Crippen molar-refractivity contribution in [2.45, 2.75) is 0 Å². The molecule has 0 atom stereocenters. The third-order valence-corrected chi connectivity index (χ3v) is 3.26. The second-order valence-electron chi connectivity index (χ2n) is 4.49. The molecule has 0 aromatic heterocycles. The lowest BCUT2D eigenvalue weighted by atomic mass is 10.3. The Bertz CT molecular complexity index is 315. The summed E-state index contributed by atoms with van der Waals surface area (Å²) >= 11 is 0. The molecular formula is C11H19N3O4. The van der Waals surface area contributed by atoms with E-state index in [-0.39, 0.29) is 12.1 Å². The molecule has 0 aliphatic carbocycles. The summed E-state index contributed by atoms with van der Waals surface area (Å²) < 4.78 is 9.52. The van der Waals surface area contributed by atoms with Crippen LogP contribution in [0, 0.1) is 0 Å². The van der Waals surface area contributed by atoms with Gasteiger partial charge in [0.15, 0.2) is 0 Å². The molecule has 0 radical (unpaired) electrons. The molecule has 0 unspecified atom stereocenters. The summed E-state index contributed by atoms with van der Waals surface area (Å²) in [5, 5.41) is 0. The van der Waals surface area contributed by atoms with Crippen LogP contribution in [0.2, 0.25) is 0 Å². The summed E-state index contributed by atoms with van der Waals surface area (Å²) in [6.45, 7) is 5.45. The molecular weight excluding hydrogens is 238 g/mol. The number of methoxy groups -OCH3 is 1. The van der Waals surface area contributed by atoms with Crippen molar-refractivity contribution in [3.63, 3.8) is 0 Å². The van der Waals surface area contributed by atoms with E-state index in [0.29, 0.717) is 26.4 Å². The van der Waals surface area contributed by atoms with E-state index in [1.54, 1.807) is 4.90 Å². The van der Waals surface area contributed by atoms with Crippen LogP contribution >= 0.6 is 0 Å². The third-order valence-electron chi connectivity index (χ3n) is 3.26. The molecule has 0 saturated carbocycles. The lowest BCUT2D eigenvalue weighted by Crippen LogP contribution is -2.51. The van der Waals surface area contributed by atoms with Gasteiger partial charge in [0.25, 0.3) is 0 Å². The zero-order valence-corrected chi connectivity index (χ0v) is 10.6. The highest BCUT2D eigenvalue weighted by atomic mass is 16.6. The summed E-state index contributed by atoms with van der Waals surface area (Å²) in [7, 11) is 1.40. The first-order chi connectivity index (χ1) is 8.69. The molecule has 0 aromatic carbocycles. The second kappa shape index (κ2) is 6.01. The Morgan fingerprint density at radius 3 is 2.44 bits per heavy atom. The molecule has 0 aromatic rings. The monoisotopic (exact) mass is 257 g/mol. The minimum absolute atomic E-state index is 0.202. The maximum Gasteiger partial charge on any atom is 0.410 e. The van der Waals surface area contributed by atoms with Gasteiger partial charge < -0.3 is 9.47 Å². The Kier molecular flexibility index (Phi) is 4.38. The number of piperazine rings is 1. The quantitative estimate of drug-likeness (QED) is 0.614. The molecule has 0 spiro atoms. The molecule has 0 N–H and O–H groups in total. The number of hydrogen-bond acceptors (Lipinski definition) is 6. The van der Waals surface area contributed by atoms with Gasteiger partial charge >= 0.3 is 12.1 Å². The number of carbonyl (C=O) groups excluding carboxylic acids is 2. The highest BCUT2D eigenvalue weighted by molar-refractivity contribution is 5.71. The van der Waals surface area contributed by atoms with Crippen molar-refractivity contribution in [2.24, 2.45) is 0 Å². The molecule has 7 nitrogen and oxygen atoms in total. The van der Waals surface area contributed by atoms with Crippen molar-refractivity contribution in [3.05, 3.63) is 0 Å². The van der Waals surface area contributed by atoms with Gasteiger partial charge in [0.1, 0.15) is 6.61 Å². The fraction of sp³-hybridized carbons (Fsp3) is 0.818. The fourth-order valence-electron chi connectivity index (χ4n) is 2.13. The zero-order chi connectivity index (χ0) is 13.0. The number of nitrogens with zero attached hydrogens (tertiary/aromatic N) is 3. The lowest BCUT2D eigenvalue weighted by Gasteiger charge is -2.35. The minimum atomic E-state index is -0.230. The molecule has 0 bridgehead atoms. The molecule has 2 heterocycles. The van der Waals surface area contributed by atoms with Crippen LogP contribution in [0.5, 0.6) is 0 Å². The molecule has 1 amide bonds. The fourth-order valence-corrected chi connectivity index (χ4v) is 2.13. The first-order valence-corrected chi connectivity index (χ1v) is 6.12. The Balaban J connectivity index is 1.70. The SMILES string of the molecule is COC(=O)CN1CCN(CN2CCOC2=O)CC1. The van der Waals surface area contributed by atoms with E-state index in [1.807, 2.05) is 0 Å². The van der Waals surface area contributed by atoms with Gasteiger partial charge in [-0.2, -0.15) is 0 Å². The summed E-state index contributed by atoms with van der Waals surface area (Å²) in [6.07, 6.45) is -0.230. The Hall–Kier alpha value is -1.34. The van der Waals surface area contributed by atoms with Crippen LogP contribution in [0.1, 0.15) is 0 Å². The van der Waals surface area contributed by atoms with Crippen molar-refractivity contribution in [2.75, 3.05) is 59.7 Å². The number of carbonyl (C=O) groups is 2. The molecule has 7 heteroatoms. The number of rotatable bonds is 4. The molecule has 2 saturated heterocycles. The van der Waals surface area contributed by atoms with E-state index in [1.165, 1.54) is 7.11 Å². The zero-order valence-electron chi connectivity index (χ0n) is 10.6. The van der Waals surface area contributed by atoms with Gasteiger partial charge in [-0.15, -0.1) is 0 Å². The standard InChI is InChI=1S/C11H19N3O4/c1-17-10(15)8-12-2-4-13(5-3-12)9-14-6-7-18-11(14)16/h2-9H2,1H3. The Labute approximate surface area is 106 Å². The van der Waals surface area contributed by atoms with Crippen molar-refractivity contribution < 1.29 is 19.1 Å². The average molecular weight is 257 g/mol. The summed E-state index contributed by atoms with van der Waals surface area (Å²) in [4.78, 5) is 28.4. The van der Waals surface area contributed by atoms with Crippen LogP contribution in [0.15, 0.2) is 0 Å². The van der Waals surface area contributed by atoms with E-state index >= 15 is 0 Å². The van der Waals surface area contributed by atoms with Crippen molar-refractivity contribution in [1.29, 1.82) is 0 Å². The number of amides is 1. The molecule has 2 aliphatic heterocycles. The van der Waals surface area contributed by atoms with E-state index in [4.69, 9.17) is 4.74 Å². The van der Waals surface area contributed by atoms with E-state index in [2.05, 4.69) is 14.5 Å². The molecule has 2 aliphatic rings. The molecule has 18 heavy (non-hydrogen) atoms. The van der Waals surface area contributed by atoms with E-state index in [0.717, 1.165) is 26.2 Å². The van der Waals surface area contributed by atoms with Crippen molar-refractivity contribution in [1.82, 2.24) is 14.7 Å². The predicted octanol–water partition coefficient (Wildman–Crippen LogP) is -0.813. The average Bonchev–Trinajstić information content (AvgIpc) is 2.77. The van der Waals surface area contributed by atoms with Gasteiger partial charge in [-0.05, 0) is 0 Å². The largest absolute Gasteiger partial charge is 0.468 e. The smallest absolute Gasteiger partial charge is 0.410 e. The van der Waals surface area contributed by atoms with Gasteiger partial charge in [0, 0.05) is 26.2 Å². The van der Waals surface area contributed by atoms with Crippen LogP contribution in [0.3, 0.4) is 0 Å². The van der Waals surface area contributed by atoms with Gasteiger partial charge in [-0.25, -0.2) is 4.79 Å². The minimum Gasteiger partial charge on any atom is -0.468 e. The molecule has 2 rings (SSSR count). The first kappa shape index (κ1) is 13.1. The molecule has 2 fully saturated rings. The number of cyclic esters (lactones) is 1. The Morgan fingerprint density at radius 1 is 1.22 bits per heavy atom. The normalized spacial score (nSPS) is 22.1. The number of ether oxygens (including phenoxy) is 2. The topological polar surface area (TPSA) is 62.3 Å². The maximum atomic E-state index is 11.3. The second-order valence-corrected chi connectivity index (χ2v) is 4.49. The number of hydrogen-bond donors (Lipinski definition) is 0.